The fourth-order valence-electron chi connectivity index (χ4n) is 1.32. The van der Waals surface area contributed by atoms with Crippen molar-refractivity contribution in [3.8, 4) is 11.5 Å². The first kappa shape index (κ1) is 10.0. The van der Waals surface area contributed by atoms with Crippen LogP contribution >= 0.6 is 11.6 Å². The quantitative estimate of drug-likeness (QED) is 0.804. The van der Waals surface area contributed by atoms with Crippen LogP contribution in [-0.4, -0.2) is 24.3 Å². The Morgan fingerprint density at radius 1 is 1.47 bits per heavy atom. The summed E-state index contributed by atoms with van der Waals surface area (Å²) in [6.07, 6.45) is 0. The highest BCUT2D eigenvalue weighted by Crippen LogP contribution is 2.39. The summed E-state index contributed by atoms with van der Waals surface area (Å²) in [6.45, 7) is 0.475. The number of carboxylic acids is 1. The number of fused-ring (bicyclic) bond motifs is 1. The maximum atomic E-state index is 13.4. The molecule has 1 heterocycles. The minimum absolute atomic E-state index is 0.101. The van der Waals surface area contributed by atoms with Crippen LogP contribution in [0.15, 0.2) is 6.07 Å². The van der Waals surface area contributed by atoms with Crippen molar-refractivity contribution in [3.63, 3.8) is 0 Å². The van der Waals surface area contributed by atoms with Crippen LogP contribution in [0.2, 0.25) is 5.02 Å². The molecule has 4 nitrogen and oxygen atoms in total. The molecule has 1 N–H and O–H groups in total. The summed E-state index contributed by atoms with van der Waals surface area (Å²) in [5.41, 5.74) is -0.586. The molecule has 1 aromatic rings. The van der Waals surface area contributed by atoms with E-state index >= 15 is 0 Å². The van der Waals surface area contributed by atoms with E-state index in [4.69, 9.17) is 26.2 Å². The first-order valence-electron chi connectivity index (χ1n) is 4.12. The van der Waals surface area contributed by atoms with E-state index in [0.29, 0.717) is 0 Å². The van der Waals surface area contributed by atoms with Gasteiger partial charge in [0.15, 0.2) is 17.3 Å². The van der Waals surface area contributed by atoms with Crippen molar-refractivity contribution in [1.29, 1.82) is 0 Å². The van der Waals surface area contributed by atoms with Gasteiger partial charge in [0.2, 0.25) is 0 Å². The zero-order chi connectivity index (χ0) is 11.0. The van der Waals surface area contributed by atoms with Gasteiger partial charge in [-0.25, -0.2) is 9.18 Å². The summed E-state index contributed by atoms with van der Waals surface area (Å²) in [5, 5.41) is 8.52. The molecular weight excluding hydrogens is 227 g/mol. The van der Waals surface area contributed by atoms with E-state index in [1.165, 1.54) is 6.07 Å². The zero-order valence-electron chi connectivity index (χ0n) is 7.42. The molecule has 6 heteroatoms. The van der Waals surface area contributed by atoms with E-state index in [-0.39, 0.29) is 29.7 Å². The SMILES string of the molecule is O=C(O)c1c(F)c(Cl)cc2c1OCCO2. The molecule has 0 unspecified atom stereocenters. The highest BCUT2D eigenvalue weighted by atomic mass is 35.5. The van der Waals surface area contributed by atoms with Crippen LogP contribution in [-0.2, 0) is 0 Å². The normalized spacial score (nSPS) is 13.7. The molecule has 0 fully saturated rings. The van der Waals surface area contributed by atoms with E-state index in [9.17, 15) is 9.18 Å². The van der Waals surface area contributed by atoms with Crippen LogP contribution < -0.4 is 9.47 Å². The van der Waals surface area contributed by atoms with Gasteiger partial charge in [0.25, 0.3) is 0 Å². The molecule has 0 saturated carbocycles. The molecule has 0 radical (unpaired) electrons. The lowest BCUT2D eigenvalue weighted by atomic mass is 10.1. The molecule has 0 aromatic heterocycles. The standard InChI is InChI=1S/C9H6ClFO4/c10-4-3-5-8(15-2-1-14-5)6(7(4)11)9(12)13/h3H,1-2H2,(H,12,13). The highest BCUT2D eigenvalue weighted by molar-refractivity contribution is 6.31. The van der Waals surface area contributed by atoms with Crippen molar-refractivity contribution >= 4 is 17.6 Å². The minimum Gasteiger partial charge on any atom is -0.486 e. The Bertz CT molecular complexity index is 433. The fraction of sp³-hybridized carbons (Fsp3) is 0.222. The molecule has 0 bridgehead atoms. The Kier molecular flexibility index (Phi) is 2.40. The van der Waals surface area contributed by atoms with Crippen LogP contribution in [0.5, 0.6) is 11.5 Å². The topological polar surface area (TPSA) is 55.8 Å². The summed E-state index contributed by atoms with van der Waals surface area (Å²) < 4.78 is 23.5. The Labute approximate surface area is 89.2 Å². The van der Waals surface area contributed by atoms with Gasteiger partial charge in [0, 0.05) is 6.07 Å². The first-order valence-corrected chi connectivity index (χ1v) is 4.50. The lowest BCUT2D eigenvalue weighted by molar-refractivity contribution is 0.0680. The third-order valence-corrected chi connectivity index (χ3v) is 2.21. The van der Waals surface area contributed by atoms with Crippen LogP contribution in [0.3, 0.4) is 0 Å². The van der Waals surface area contributed by atoms with Crippen LogP contribution in [0.4, 0.5) is 4.39 Å². The van der Waals surface area contributed by atoms with Gasteiger partial charge in [-0.1, -0.05) is 11.6 Å². The summed E-state index contributed by atoms with van der Waals surface area (Å²) in [5.74, 6) is -2.38. The van der Waals surface area contributed by atoms with E-state index in [1.807, 2.05) is 0 Å². The van der Waals surface area contributed by atoms with E-state index in [1.54, 1.807) is 0 Å². The molecule has 1 aliphatic rings. The average Bonchev–Trinajstić information content (AvgIpc) is 2.19. The first-order chi connectivity index (χ1) is 7.11. The minimum atomic E-state index is -1.43. The number of hydrogen-bond donors (Lipinski definition) is 1. The summed E-state index contributed by atoms with van der Waals surface area (Å²) in [7, 11) is 0. The van der Waals surface area contributed by atoms with Crippen molar-refractivity contribution < 1.29 is 23.8 Å². The van der Waals surface area contributed by atoms with Crippen LogP contribution in [0, 0.1) is 5.82 Å². The summed E-state index contributed by atoms with van der Waals surface area (Å²) in [4.78, 5) is 10.8. The maximum absolute atomic E-state index is 13.4. The lowest BCUT2D eigenvalue weighted by Gasteiger charge is -2.20. The Morgan fingerprint density at radius 2 is 2.13 bits per heavy atom. The van der Waals surface area contributed by atoms with Gasteiger partial charge in [-0.05, 0) is 0 Å². The molecule has 80 valence electrons. The van der Waals surface area contributed by atoms with Crippen LogP contribution in [0.25, 0.3) is 0 Å². The molecule has 1 aliphatic heterocycles. The number of rotatable bonds is 1. The molecule has 1 aromatic carbocycles. The smallest absolute Gasteiger partial charge is 0.342 e. The average molecular weight is 233 g/mol. The number of hydrogen-bond acceptors (Lipinski definition) is 3. The highest BCUT2D eigenvalue weighted by Gasteiger charge is 2.26. The second-order valence-electron chi connectivity index (χ2n) is 2.88. The predicted octanol–water partition coefficient (Wildman–Crippen LogP) is 1.95. The number of halogens is 2. The Hall–Kier alpha value is -1.49. The van der Waals surface area contributed by atoms with Gasteiger partial charge in [0.05, 0.1) is 5.02 Å². The van der Waals surface area contributed by atoms with Crippen molar-refractivity contribution in [2.24, 2.45) is 0 Å². The fourth-order valence-corrected chi connectivity index (χ4v) is 1.52. The number of ether oxygens (including phenoxy) is 2. The molecule has 2 rings (SSSR count). The monoisotopic (exact) mass is 232 g/mol. The molecule has 0 spiro atoms. The number of benzene rings is 1. The van der Waals surface area contributed by atoms with Gasteiger partial charge in [0.1, 0.15) is 18.8 Å². The summed E-state index contributed by atoms with van der Waals surface area (Å²) >= 11 is 5.52. The predicted molar refractivity (Wildman–Crippen MR) is 49.4 cm³/mol. The third kappa shape index (κ3) is 1.59. The van der Waals surface area contributed by atoms with Crippen molar-refractivity contribution in [3.05, 3.63) is 22.5 Å². The molecule has 0 atom stereocenters. The Morgan fingerprint density at radius 3 is 2.80 bits per heavy atom. The zero-order valence-corrected chi connectivity index (χ0v) is 8.18. The maximum Gasteiger partial charge on any atom is 0.342 e. The van der Waals surface area contributed by atoms with Crippen molar-refractivity contribution in [1.82, 2.24) is 0 Å². The van der Waals surface area contributed by atoms with Gasteiger partial charge < -0.3 is 14.6 Å². The molecule has 15 heavy (non-hydrogen) atoms. The number of carbonyl (C=O) groups is 1. The second-order valence-corrected chi connectivity index (χ2v) is 3.28. The molecular formula is C9H6ClFO4. The number of carboxylic acid groups (broad SMARTS) is 1. The number of aromatic carboxylic acids is 1. The van der Waals surface area contributed by atoms with Gasteiger partial charge in [-0.2, -0.15) is 0 Å². The van der Waals surface area contributed by atoms with Crippen molar-refractivity contribution in [2.75, 3.05) is 13.2 Å². The summed E-state index contributed by atoms with van der Waals surface area (Å²) in [6, 6.07) is 1.21. The molecule has 0 aliphatic carbocycles. The van der Waals surface area contributed by atoms with Gasteiger partial charge in [-0.3, -0.25) is 0 Å². The largest absolute Gasteiger partial charge is 0.486 e. The second kappa shape index (κ2) is 3.58. The van der Waals surface area contributed by atoms with E-state index in [0.717, 1.165) is 0 Å². The Balaban J connectivity index is 2.68. The molecule has 0 saturated heterocycles. The van der Waals surface area contributed by atoms with Gasteiger partial charge in [-0.15, -0.1) is 0 Å². The van der Waals surface area contributed by atoms with Gasteiger partial charge >= 0.3 is 5.97 Å². The third-order valence-electron chi connectivity index (χ3n) is 1.94. The molecule has 0 amide bonds. The van der Waals surface area contributed by atoms with E-state index < -0.39 is 17.3 Å². The van der Waals surface area contributed by atoms with Crippen LogP contribution in [0.1, 0.15) is 10.4 Å². The van der Waals surface area contributed by atoms with E-state index in [2.05, 4.69) is 0 Å². The van der Waals surface area contributed by atoms with Crippen molar-refractivity contribution in [2.45, 2.75) is 0 Å². The lowest BCUT2D eigenvalue weighted by Crippen LogP contribution is -2.19.